The quantitative estimate of drug-likeness (QED) is 0.252. The van der Waals surface area contributed by atoms with Crippen LogP contribution in [0.2, 0.25) is 25.7 Å². The number of amides is 4. The van der Waals surface area contributed by atoms with E-state index in [2.05, 4.69) is 35.6 Å². The summed E-state index contributed by atoms with van der Waals surface area (Å²) in [5.41, 5.74) is -2.25. The Morgan fingerprint density at radius 1 is 1.16 bits per heavy atom. The van der Waals surface area contributed by atoms with Crippen molar-refractivity contribution in [2.75, 3.05) is 18.9 Å². The predicted octanol–water partition coefficient (Wildman–Crippen LogP) is 3.34. The Morgan fingerprint density at radius 3 is 2.44 bits per heavy atom. The second-order valence-corrected chi connectivity index (χ2v) is 21.7. The highest BCUT2D eigenvalue weighted by molar-refractivity contribution is 8.00. The van der Waals surface area contributed by atoms with E-state index in [9.17, 15) is 29.1 Å². The molecule has 43 heavy (non-hydrogen) atoms. The van der Waals surface area contributed by atoms with Gasteiger partial charge in [0.15, 0.2) is 0 Å². The summed E-state index contributed by atoms with van der Waals surface area (Å²) in [6.07, 6.45) is 3.22. The monoisotopic (exact) mass is 640 g/mol. The van der Waals surface area contributed by atoms with Crippen LogP contribution in [0.1, 0.15) is 53.9 Å². The number of rotatable bonds is 6. The third-order valence-electron chi connectivity index (χ3n) is 7.77. The molecule has 0 radical (unpaired) electrons. The van der Waals surface area contributed by atoms with Crippen molar-refractivity contribution in [1.82, 2.24) is 20.9 Å². The Hall–Kier alpha value is -2.74. The summed E-state index contributed by atoms with van der Waals surface area (Å²) < 4.78 is 10.0. The zero-order valence-electron chi connectivity index (χ0n) is 26.6. The summed E-state index contributed by atoms with van der Waals surface area (Å²) in [7, 11) is -1.43. The fourth-order valence-electron chi connectivity index (χ4n) is 5.22. The molecule has 0 aromatic heterocycles. The van der Waals surface area contributed by atoms with Crippen LogP contribution in [-0.4, -0.2) is 101 Å². The highest BCUT2D eigenvalue weighted by atomic mass is 32.2. The molecule has 0 unspecified atom stereocenters. The van der Waals surface area contributed by atoms with Crippen molar-refractivity contribution >= 4 is 49.8 Å². The number of nitrogens with one attached hydrogen (secondary N) is 3. The summed E-state index contributed by atoms with van der Waals surface area (Å²) in [6, 6.07) is -1.99. The molecular formula is C29H48N4O8SSi. The van der Waals surface area contributed by atoms with Gasteiger partial charge < -0.3 is 35.4 Å². The Labute approximate surface area is 259 Å². The number of ether oxygens (including phenoxy) is 2. The number of allylic oxidation sites excluding steroid dienone is 1. The third-order valence-corrected chi connectivity index (χ3v) is 10.9. The SMILES string of the molecule is CC(C)(C)OC(=O)N[C@@H]1C(=O)N2C[C@H](NC(=O)OCC[Si](C)(C)C)C[C@H]2C(=O)N[C@]2(C(=O)O)C[C@H]2/C=C/CCSC1(C)C. The second kappa shape index (κ2) is 13.1. The van der Waals surface area contributed by atoms with E-state index < -0.39 is 72.1 Å². The number of aliphatic carboxylic acids is 1. The number of nitrogens with zero attached hydrogens (tertiary/aromatic N) is 1. The number of thioether (sulfide) groups is 1. The summed E-state index contributed by atoms with van der Waals surface area (Å²) in [6.45, 7) is 15.6. The molecule has 3 rings (SSSR count). The molecule has 2 aliphatic heterocycles. The van der Waals surface area contributed by atoms with Gasteiger partial charge in [0.05, 0.1) is 12.6 Å². The standard InChI is InChI=1S/C29H48N4O8SSi/c1-27(2,3)41-26(39)31-21-23(35)33-17-19(30-25(38)40-12-14-43(6,7)8)15-20(33)22(34)32-29(24(36)37)16-18(29)11-9-10-13-42-28(21,4)5/h9,11,18-21H,10,12-17H2,1-8H3,(H,30,38)(H,31,39)(H,32,34)(H,36,37)/b11-9+/t18-,19-,20+,21-,29-/m1/s1. The third kappa shape index (κ3) is 9.37. The molecule has 2 heterocycles. The van der Waals surface area contributed by atoms with Gasteiger partial charge in [0.25, 0.3) is 0 Å². The van der Waals surface area contributed by atoms with Crippen molar-refractivity contribution in [3.63, 3.8) is 0 Å². The molecule has 3 aliphatic rings. The lowest BCUT2D eigenvalue weighted by atomic mass is 10.0. The number of fused-ring (bicyclic) bond motifs is 2. The fraction of sp³-hybridized carbons (Fsp3) is 0.759. The first-order valence-electron chi connectivity index (χ1n) is 14.8. The van der Waals surface area contributed by atoms with Gasteiger partial charge >= 0.3 is 18.2 Å². The van der Waals surface area contributed by atoms with Crippen LogP contribution in [0.15, 0.2) is 12.2 Å². The van der Waals surface area contributed by atoms with E-state index in [1.165, 1.54) is 16.7 Å². The Morgan fingerprint density at radius 2 is 1.84 bits per heavy atom. The normalized spacial score (nSPS) is 30.1. The van der Waals surface area contributed by atoms with Gasteiger partial charge in [-0.3, -0.25) is 9.59 Å². The van der Waals surface area contributed by atoms with Gasteiger partial charge in [0.2, 0.25) is 11.8 Å². The number of carbonyl (C=O) groups is 5. The minimum atomic E-state index is -1.45. The van der Waals surface area contributed by atoms with Crippen LogP contribution in [0.4, 0.5) is 9.59 Å². The van der Waals surface area contributed by atoms with Gasteiger partial charge in [-0.1, -0.05) is 31.8 Å². The lowest BCUT2D eigenvalue weighted by Crippen LogP contribution is -2.61. The predicted molar refractivity (Wildman–Crippen MR) is 167 cm³/mol. The van der Waals surface area contributed by atoms with Crippen LogP contribution in [0.5, 0.6) is 0 Å². The highest BCUT2D eigenvalue weighted by Crippen LogP contribution is 2.45. The maximum Gasteiger partial charge on any atom is 0.408 e. The number of hydrogen-bond donors (Lipinski definition) is 4. The van der Waals surface area contributed by atoms with Gasteiger partial charge in [0, 0.05) is 25.3 Å². The summed E-state index contributed by atoms with van der Waals surface area (Å²) in [4.78, 5) is 67.1. The van der Waals surface area contributed by atoms with Crippen molar-refractivity contribution < 1.29 is 38.6 Å². The van der Waals surface area contributed by atoms with E-state index >= 15 is 0 Å². The lowest BCUT2D eigenvalue weighted by Gasteiger charge is -2.37. The molecule has 14 heteroatoms. The average Bonchev–Trinajstić information content (AvgIpc) is 3.37. The largest absolute Gasteiger partial charge is 0.479 e. The number of hydrogen-bond acceptors (Lipinski definition) is 8. The van der Waals surface area contributed by atoms with E-state index in [0.717, 1.165) is 6.04 Å². The molecule has 0 bridgehead atoms. The second-order valence-electron chi connectivity index (χ2n) is 14.4. The fourth-order valence-corrected chi connectivity index (χ4v) is 7.04. The molecule has 1 saturated heterocycles. The van der Waals surface area contributed by atoms with Gasteiger partial charge in [-0.25, -0.2) is 14.4 Å². The van der Waals surface area contributed by atoms with Crippen molar-refractivity contribution in [1.29, 1.82) is 0 Å². The average molecular weight is 641 g/mol. The van der Waals surface area contributed by atoms with Crippen LogP contribution in [0, 0.1) is 5.92 Å². The first kappa shape index (κ1) is 34.7. The smallest absolute Gasteiger partial charge is 0.408 e. The van der Waals surface area contributed by atoms with Crippen molar-refractivity contribution in [2.45, 2.75) is 114 Å². The summed E-state index contributed by atoms with van der Waals surface area (Å²) >= 11 is 1.48. The van der Waals surface area contributed by atoms with Crippen LogP contribution in [0.3, 0.4) is 0 Å². The molecule has 12 nitrogen and oxygen atoms in total. The number of carboxylic acids is 1. The minimum Gasteiger partial charge on any atom is -0.479 e. The molecule has 242 valence electrons. The van der Waals surface area contributed by atoms with Crippen molar-refractivity contribution in [2.24, 2.45) is 5.92 Å². The van der Waals surface area contributed by atoms with Crippen molar-refractivity contribution in [3.05, 3.63) is 12.2 Å². The molecule has 0 aromatic carbocycles. The summed E-state index contributed by atoms with van der Waals surface area (Å²) in [5.74, 6) is -2.04. The number of carbonyl (C=O) groups excluding carboxylic acids is 4. The van der Waals surface area contributed by atoms with Gasteiger partial charge in [-0.05, 0) is 65.7 Å². The van der Waals surface area contributed by atoms with Gasteiger partial charge in [-0.15, -0.1) is 0 Å². The van der Waals surface area contributed by atoms with E-state index in [0.29, 0.717) is 12.2 Å². The van der Waals surface area contributed by atoms with E-state index in [-0.39, 0.29) is 31.9 Å². The van der Waals surface area contributed by atoms with Crippen LogP contribution < -0.4 is 16.0 Å². The Balaban J connectivity index is 1.91. The zero-order chi connectivity index (χ0) is 32.4. The summed E-state index contributed by atoms with van der Waals surface area (Å²) in [5, 5.41) is 18.2. The topological polar surface area (TPSA) is 163 Å². The molecule has 0 spiro atoms. The van der Waals surface area contributed by atoms with E-state index in [1.807, 2.05) is 26.0 Å². The maximum absolute atomic E-state index is 14.3. The molecule has 5 atom stereocenters. The lowest BCUT2D eigenvalue weighted by molar-refractivity contribution is -0.145. The zero-order valence-corrected chi connectivity index (χ0v) is 28.4. The Bertz CT molecular complexity index is 1130. The van der Waals surface area contributed by atoms with E-state index in [1.54, 1.807) is 20.8 Å². The minimum absolute atomic E-state index is 0.0172. The maximum atomic E-state index is 14.3. The van der Waals surface area contributed by atoms with Crippen LogP contribution in [0.25, 0.3) is 0 Å². The first-order chi connectivity index (χ1) is 19.7. The van der Waals surface area contributed by atoms with Crippen molar-refractivity contribution in [3.8, 4) is 0 Å². The van der Waals surface area contributed by atoms with Gasteiger partial charge in [-0.2, -0.15) is 11.8 Å². The van der Waals surface area contributed by atoms with Crippen LogP contribution in [-0.2, 0) is 23.9 Å². The van der Waals surface area contributed by atoms with E-state index in [4.69, 9.17) is 9.47 Å². The molecule has 0 aromatic rings. The van der Waals surface area contributed by atoms with Crippen LogP contribution >= 0.6 is 11.8 Å². The number of carboxylic acid groups (broad SMARTS) is 1. The molecule has 4 amide bonds. The molecule has 4 N–H and O–H groups in total. The molecule has 2 fully saturated rings. The van der Waals surface area contributed by atoms with Gasteiger partial charge in [0.1, 0.15) is 23.2 Å². The molecular weight excluding hydrogens is 592 g/mol. The molecule has 1 aliphatic carbocycles. The number of alkyl carbamates (subject to hydrolysis) is 2. The molecule has 1 saturated carbocycles. The first-order valence-corrected chi connectivity index (χ1v) is 19.5. The highest BCUT2D eigenvalue weighted by Gasteiger charge is 2.61. The Kier molecular flexibility index (Phi) is 10.6.